The third-order valence-electron chi connectivity index (χ3n) is 5.33. The van der Waals surface area contributed by atoms with Crippen LogP contribution in [0.15, 0.2) is 29.0 Å². The molecule has 136 valence electrons. The number of aromatic nitrogens is 1. The molecule has 0 spiro atoms. The summed E-state index contributed by atoms with van der Waals surface area (Å²) in [5, 5.41) is 0. The topological polar surface area (TPSA) is 66.7 Å². The number of rotatable bonds is 3. The molecule has 2 aromatic rings. The van der Waals surface area contributed by atoms with Crippen LogP contribution in [0.4, 0.5) is 0 Å². The summed E-state index contributed by atoms with van der Waals surface area (Å²) in [4.78, 5) is 33.7. The average Bonchev–Trinajstić information content (AvgIpc) is 3.09. The summed E-state index contributed by atoms with van der Waals surface area (Å²) in [6, 6.07) is 4.02. The van der Waals surface area contributed by atoms with Crippen molar-refractivity contribution in [3.8, 4) is 0 Å². The predicted octanol–water partition coefficient (Wildman–Crippen LogP) is 2.46. The number of pyridine rings is 1. The van der Waals surface area contributed by atoms with E-state index in [1.54, 1.807) is 0 Å². The van der Waals surface area contributed by atoms with Crippen molar-refractivity contribution in [2.24, 2.45) is 0 Å². The molecule has 0 aromatic carbocycles. The highest BCUT2D eigenvalue weighted by Crippen LogP contribution is 2.27. The average molecular weight is 353 g/mol. The van der Waals surface area contributed by atoms with E-state index in [1.807, 2.05) is 17.2 Å². The lowest BCUT2D eigenvalue weighted by atomic mass is 9.93. The lowest BCUT2D eigenvalue weighted by Crippen LogP contribution is -2.48. The highest BCUT2D eigenvalue weighted by atomic mass is 16.3. The monoisotopic (exact) mass is 353 g/mol. The van der Waals surface area contributed by atoms with Gasteiger partial charge in [-0.25, -0.2) is 0 Å². The van der Waals surface area contributed by atoms with E-state index < -0.39 is 0 Å². The minimum atomic E-state index is -0.0843. The molecule has 1 aliphatic heterocycles. The SMILES string of the molecule is Cc1cccnc1CN1CCN(C(=O)c2coc3c2C(=O)CCC3)CC1. The second kappa shape index (κ2) is 7.03. The maximum absolute atomic E-state index is 12.9. The number of aryl methyl sites for hydroxylation is 2. The predicted molar refractivity (Wildman–Crippen MR) is 96.1 cm³/mol. The summed E-state index contributed by atoms with van der Waals surface area (Å²) in [7, 11) is 0. The molecule has 6 heteroatoms. The van der Waals surface area contributed by atoms with E-state index in [1.165, 1.54) is 11.8 Å². The molecule has 1 saturated heterocycles. The number of ketones is 1. The standard InChI is InChI=1S/C20H23N3O3/c1-14-4-3-7-21-16(14)12-22-8-10-23(11-9-22)20(25)15-13-26-18-6-2-5-17(24)19(15)18/h3-4,7,13H,2,5-6,8-12H2,1H3. The summed E-state index contributed by atoms with van der Waals surface area (Å²) >= 11 is 0. The molecule has 0 N–H and O–H groups in total. The quantitative estimate of drug-likeness (QED) is 0.848. The molecule has 2 aromatic heterocycles. The van der Waals surface area contributed by atoms with Crippen molar-refractivity contribution in [1.82, 2.24) is 14.8 Å². The van der Waals surface area contributed by atoms with Crippen LogP contribution in [0, 0.1) is 6.92 Å². The summed E-state index contributed by atoms with van der Waals surface area (Å²) in [6.07, 6.45) is 5.34. The van der Waals surface area contributed by atoms with Crippen LogP contribution in [-0.4, -0.2) is 52.7 Å². The molecule has 2 aliphatic rings. The Morgan fingerprint density at radius 2 is 2.04 bits per heavy atom. The Kier molecular flexibility index (Phi) is 4.59. The van der Waals surface area contributed by atoms with E-state index in [0.717, 1.165) is 38.2 Å². The molecule has 0 radical (unpaired) electrons. The largest absolute Gasteiger partial charge is 0.468 e. The van der Waals surface area contributed by atoms with Gasteiger partial charge in [0.15, 0.2) is 5.78 Å². The first-order chi connectivity index (χ1) is 12.6. The molecule has 0 saturated carbocycles. The lowest BCUT2D eigenvalue weighted by molar-refractivity contribution is 0.0622. The van der Waals surface area contributed by atoms with Crippen LogP contribution < -0.4 is 0 Å². The Morgan fingerprint density at radius 1 is 1.23 bits per heavy atom. The van der Waals surface area contributed by atoms with Gasteiger partial charge in [0.1, 0.15) is 12.0 Å². The molecular weight excluding hydrogens is 330 g/mol. The fraction of sp³-hybridized carbons (Fsp3) is 0.450. The highest BCUT2D eigenvalue weighted by Gasteiger charge is 2.31. The molecule has 0 bridgehead atoms. The number of fused-ring (bicyclic) bond motifs is 1. The highest BCUT2D eigenvalue weighted by molar-refractivity contribution is 6.09. The number of amides is 1. The van der Waals surface area contributed by atoms with Gasteiger partial charge < -0.3 is 9.32 Å². The van der Waals surface area contributed by atoms with Gasteiger partial charge in [-0.15, -0.1) is 0 Å². The van der Waals surface area contributed by atoms with Crippen LogP contribution in [-0.2, 0) is 13.0 Å². The minimum absolute atomic E-state index is 0.0348. The van der Waals surface area contributed by atoms with Crippen molar-refractivity contribution >= 4 is 11.7 Å². The van der Waals surface area contributed by atoms with Crippen molar-refractivity contribution < 1.29 is 14.0 Å². The van der Waals surface area contributed by atoms with E-state index >= 15 is 0 Å². The number of furan rings is 1. The van der Waals surface area contributed by atoms with Crippen LogP contribution in [0.25, 0.3) is 0 Å². The lowest BCUT2D eigenvalue weighted by Gasteiger charge is -2.34. The Labute approximate surface area is 152 Å². The molecule has 0 unspecified atom stereocenters. The van der Waals surface area contributed by atoms with Crippen LogP contribution in [0.5, 0.6) is 0 Å². The number of nitrogens with zero attached hydrogens (tertiary/aromatic N) is 3. The third kappa shape index (κ3) is 3.17. The minimum Gasteiger partial charge on any atom is -0.468 e. The van der Waals surface area contributed by atoms with E-state index in [9.17, 15) is 9.59 Å². The number of carbonyl (C=O) groups excluding carboxylic acids is 2. The van der Waals surface area contributed by atoms with Crippen molar-refractivity contribution in [2.75, 3.05) is 26.2 Å². The van der Waals surface area contributed by atoms with Gasteiger partial charge in [-0.05, 0) is 25.0 Å². The first kappa shape index (κ1) is 17.0. The zero-order valence-corrected chi connectivity index (χ0v) is 15.0. The molecule has 1 aliphatic carbocycles. The van der Waals surface area contributed by atoms with Gasteiger partial charge in [-0.3, -0.25) is 19.5 Å². The van der Waals surface area contributed by atoms with Crippen molar-refractivity contribution in [1.29, 1.82) is 0 Å². The molecule has 6 nitrogen and oxygen atoms in total. The Bertz CT molecular complexity index is 835. The van der Waals surface area contributed by atoms with Crippen LogP contribution >= 0.6 is 0 Å². The molecule has 1 amide bonds. The molecule has 0 atom stereocenters. The third-order valence-corrected chi connectivity index (χ3v) is 5.33. The van der Waals surface area contributed by atoms with E-state index in [4.69, 9.17) is 4.42 Å². The van der Waals surface area contributed by atoms with E-state index in [0.29, 0.717) is 36.4 Å². The molecule has 4 rings (SSSR count). The molecular formula is C20H23N3O3. The van der Waals surface area contributed by atoms with E-state index in [-0.39, 0.29) is 11.7 Å². The van der Waals surface area contributed by atoms with Gasteiger partial charge >= 0.3 is 0 Å². The summed E-state index contributed by atoms with van der Waals surface area (Å²) in [6.45, 7) is 5.78. The second-order valence-corrected chi connectivity index (χ2v) is 7.06. The Hall–Kier alpha value is -2.47. The van der Waals surface area contributed by atoms with Gasteiger partial charge in [0.05, 0.1) is 16.8 Å². The van der Waals surface area contributed by atoms with Gasteiger partial charge in [0.25, 0.3) is 5.91 Å². The smallest absolute Gasteiger partial charge is 0.257 e. The zero-order valence-electron chi connectivity index (χ0n) is 15.0. The van der Waals surface area contributed by atoms with Crippen LogP contribution in [0.3, 0.4) is 0 Å². The molecule has 26 heavy (non-hydrogen) atoms. The maximum Gasteiger partial charge on any atom is 0.257 e. The van der Waals surface area contributed by atoms with Gasteiger partial charge in [-0.1, -0.05) is 6.07 Å². The Balaban J connectivity index is 1.41. The second-order valence-electron chi connectivity index (χ2n) is 7.06. The number of carbonyl (C=O) groups is 2. The van der Waals surface area contributed by atoms with Crippen molar-refractivity contribution in [2.45, 2.75) is 32.7 Å². The molecule has 3 heterocycles. The van der Waals surface area contributed by atoms with Crippen molar-refractivity contribution in [3.05, 3.63) is 52.7 Å². The van der Waals surface area contributed by atoms with Crippen molar-refractivity contribution in [3.63, 3.8) is 0 Å². The first-order valence-electron chi connectivity index (χ1n) is 9.19. The number of hydrogen-bond donors (Lipinski definition) is 0. The maximum atomic E-state index is 12.9. The Morgan fingerprint density at radius 3 is 2.81 bits per heavy atom. The van der Waals surface area contributed by atoms with Crippen LogP contribution in [0.2, 0.25) is 0 Å². The van der Waals surface area contributed by atoms with Gasteiger partial charge in [0, 0.05) is 51.8 Å². The number of hydrogen-bond acceptors (Lipinski definition) is 5. The fourth-order valence-corrected chi connectivity index (χ4v) is 3.75. The number of piperazine rings is 1. The normalized spacial score (nSPS) is 18.0. The summed E-state index contributed by atoms with van der Waals surface area (Å²) in [5.74, 6) is 0.625. The summed E-state index contributed by atoms with van der Waals surface area (Å²) in [5.41, 5.74) is 3.24. The molecule has 1 fully saturated rings. The first-order valence-corrected chi connectivity index (χ1v) is 9.19. The zero-order chi connectivity index (χ0) is 18.1. The fourth-order valence-electron chi connectivity index (χ4n) is 3.75. The van der Waals surface area contributed by atoms with Gasteiger partial charge in [-0.2, -0.15) is 0 Å². The van der Waals surface area contributed by atoms with E-state index in [2.05, 4.69) is 22.9 Å². The summed E-state index contributed by atoms with van der Waals surface area (Å²) < 4.78 is 5.50. The van der Waals surface area contributed by atoms with Gasteiger partial charge in [0.2, 0.25) is 0 Å². The van der Waals surface area contributed by atoms with Crippen LogP contribution in [0.1, 0.15) is 50.6 Å². The number of Topliss-reactive ketones (excluding diaryl/α,β-unsaturated/α-hetero) is 1.